The highest BCUT2D eigenvalue weighted by Gasteiger charge is 2.30. The molecule has 8 nitrogen and oxygen atoms in total. The first kappa shape index (κ1) is 26.9. The third kappa shape index (κ3) is 4.90. The molecule has 1 amide bonds. The molecule has 0 unspecified atom stereocenters. The van der Waals surface area contributed by atoms with E-state index in [-0.39, 0.29) is 28.3 Å². The number of anilines is 1. The van der Waals surface area contributed by atoms with Gasteiger partial charge in [-0.1, -0.05) is 43.5 Å². The van der Waals surface area contributed by atoms with Crippen LogP contribution in [-0.2, 0) is 4.74 Å². The molecule has 0 radical (unpaired) electrons. The van der Waals surface area contributed by atoms with E-state index in [1.807, 2.05) is 41.0 Å². The first-order valence-electron chi connectivity index (χ1n) is 15.1. The van der Waals surface area contributed by atoms with Crippen LogP contribution in [0.2, 0.25) is 0 Å². The van der Waals surface area contributed by atoms with E-state index in [0.717, 1.165) is 23.7 Å². The van der Waals surface area contributed by atoms with Gasteiger partial charge in [-0.15, -0.1) is 0 Å². The lowest BCUT2D eigenvalue weighted by Gasteiger charge is -2.29. The van der Waals surface area contributed by atoms with Crippen LogP contribution in [-0.4, -0.2) is 60.8 Å². The topological polar surface area (TPSA) is 84.8 Å². The fraction of sp³-hybridized carbons (Fsp3) is 0.394. The van der Waals surface area contributed by atoms with Crippen LogP contribution in [0.4, 0.5) is 10.1 Å². The van der Waals surface area contributed by atoms with Crippen LogP contribution in [0.15, 0.2) is 53.5 Å². The summed E-state index contributed by atoms with van der Waals surface area (Å²) in [5.41, 5.74) is 0.862. The number of carbonyl (C=O) groups is 1. The number of rotatable bonds is 7. The van der Waals surface area contributed by atoms with Crippen molar-refractivity contribution in [3.63, 3.8) is 0 Å². The molecule has 0 atom stereocenters. The van der Waals surface area contributed by atoms with Gasteiger partial charge in [-0.25, -0.2) is 4.39 Å². The second-order valence-electron chi connectivity index (χ2n) is 11.4. The average molecular weight is 571 g/mol. The molecular formula is C33H35FN4O4. The van der Waals surface area contributed by atoms with Crippen LogP contribution >= 0.6 is 0 Å². The Bertz CT molecular complexity index is 1720. The highest BCUT2D eigenvalue weighted by Crippen LogP contribution is 2.46. The van der Waals surface area contributed by atoms with Crippen molar-refractivity contribution in [3.8, 4) is 17.2 Å². The van der Waals surface area contributed by atoms with E-state index in [1.54, 1.807) is 11.1 Å². The molecule has 2 fully saturated rings. The molecule has 7 rings (SSSR count). The van der Waals surface area contributed by atoms with Crippen molar-refractivity contribution in [2.75, 3.05) is 44.7 Å². The number of morpholine rings is 1. The molecule has 1 saturated heterocycles. The van der Waals surface area contributed by atoms with Gasteiger partial charge in [-0.05, 0) is 54.8 Å². The van der Waals surface area contributed by atoms with Gasteiger partial charge in [0.2, 0.25) is 5.43 Å². The number of carbonyl (C=O) groups excluding carboxylic acids is 1. The average Bonchev–Trinajstić information content (AvgIpc) is 3.03. The number of benzene rings is 3. The van der Waals surface area contributed by atoms with Crippen molar-refractivity contribution in [2.24, 2.45) is 0 Å². The monoisotopic (exact) mass is 570 g/mol. The lowest BCUT2D eigenvalue weighted by atomic mass is 9.95. The van der Waals surface area contributed by atoms with Gasteiger partial charge in [0.25, 0.3) is 5.91 Å². The van der Waals surface area contributed by atoms with Crippen molar-refractivity contribution in [3.05, 3.63) is 70.3 Å². The minimum absolute atomic E-state index is 0.00487. The molecule has 1 aromatic heterocycles. The summed E-state index contributed by atoms with van der Waals surface area (Å²) in [5.74, 6) is -0.168. The highest BCUT2D eigenvalue weighted by atomic mass is 19.1. The first-order valence-corrected chi connectivity index (χ1v) is 15.1. The first-order chi connectivity index (χ1) is 20.6. The standard InChI is InChI=1S/C33H35FN4O4/c34-26-19-24-30-32(29(26)36-12-6-11-35-23-9-2-1-3-10-23)42-28-18-22-8-5-4-7-21(22)17-27(28)38(30)20-25(31(24)39)33(40)37-13-15-41-16-14-37/h4-5,7-8,17-20,23,35-36H,1-3,6,9-16H2. The molecule has 3 aromatic carbocycles. The smallest absolute Gasteiger partial charge is 0.259 e. The van der Waals surface area contributed by atoms with Gasteiger partial charge in [0.05, 0.1) is 24.3 Å². The Morgan fingerprint density at radius 2 is 1.76 bits per heavy atom. The maximum absolute atomic E-state index is 15.8. The van der Waals surface area contributed by atoms with Gasteiger partial charge in [0, 0.05) is 31.9 Å². The zero-order valence-corrected chi connectivity index (χ0v) is 23.6. The van der Waals surface area contributed by atoms with Crippen LogP contribution in [0.25, 0.3) is 27.4 Å². The summed E-state index contributed by atoms with van der Waals surface area (Å²) >= 11 is 0. The number of pyridine rings is 1. The van der Waals surface area contributed by atoms with E-state index in [9.17, 15) is 9.59 Å². The molecule has 3 heterocycles. The number of halogens is 1. The van der Waals surface area contributed by atoms with Crippen LogP contribution in [0, 0.1) is 5.82 Å². The van der Waals surface area contributed by atoms with Crippen LogP contribution in [0.5, 0.6) is 11.5 Å². The summed E-state index contributed by atoms with van der Waals surface area (Å²) in [4.78, 5) is 28.9. The Hall–Kier alpha value is -3.95. The predicted molar refractivity (Wildman–Crippen MR) is 162 cm³/mol. The third-order valence-electron chi connectivity index (χ3n) is 8.72. The lowest BCUT2D eigenvalue weighted by molar-refractivity contribution is 0.0302. The van der Waals surface area contributed by atoms with Crippen molar-refractivity contribution in [1.29, 1.82) is 0 Å². The molecule has 1 aliphatic carbocycles. The molecule has 3 aliphatic rings. The molecule has 1 saturated carbocycles. The van der Waals surface area contributed by atoms with E-state index in [2.05, 4.69) is 10.6 Å². The molecular weight excluding hydrogens is 535 g/mol. The zero-order chi connectivity index (χ0) is 28.6. The summed E-state index contributed by atoms with van der Waals surface area (Å²) in [6.45, 7) is 3.02. The Labute approximate surface area is 243 Å². The number of nitrogens with one attached hydrogen (secondary N) is 2. The van der Waals surface area contributed by atoms with E-state index < -0.39 is 11.2 Å². The Kier molecular flexibility index (Phi) is 7.29. The maximum atomic E-state index is 15.8. The number of hydrogen-bond acceptors (Lipinski definition) is 6. The summed E-state index contributed by atoms with van der Waals surface area (Å²) in [6.07, 6.45) is 8.70. The fourth-order valence-electron chi connectivity index (χ4n) is 6.47. The zero-order valence-electron chi connectivity index (χ0n) is 23.6. The quantitative estimate of drug-likeness (QED) is 0.249. The van der Waals surface area contributed by atoms with Crippen LogP contribution < -0.4 is 20.8 Å². The maximum Gasteiger partial charge on any atom is 0.259 e. The Balaban J connectivity index is 1.29. The van der Waals surface area contributed by atoms with E-state index in [0.29, 0.717) is 55.8 Å². The molecule has 0 bridgehead atoms. The van der Waals surface area contributed by atoms with E-state index in [4.69, 9.17) is 9.47 Å². The third-order valence-corrected chi connectivity index (χ3v) is 8.72. The van der Waals surface area contributed by atoms with E-state index >= 15 is 4.39 Å². The number of ether oxygens (including phenoxy) is 2. The number of aromatic nitrogens is 1. The molecule has 0 spiro atoms. The Morgan fingerprint density at radius 1 is 1.00 bits per heavy atom. The number of amides is 1. The van der Waals surface area contributed by atoms with Crippen molar-refractivity contribution >= 4 is 33.3 Å². The van der Waals surface area contributed by atoms with E-state index in [1.165, 1.54) is 38.2 Å². The molecule has 218 valence electrons. The molecule has 2 N–H and O–H groups in total. The highest BCUT2D eigenvalue weighted by molar-refractivity contribution is 6.02. The predicted octanol–water partition coefficient (Wildman–Crippen LogP) is 5.59. The lowest BCUT2D eigenvalue weighted by Crippen LogP contribution is -2.42. The summed E-state index contributed by atoms with van der Waals surface area (Å²) in [5, 5.41) is 8.96. The number of hydrogen-bond donors (Lipinski definition) is 2. The van der Waals surface area contributed by atoms with Crippen LogP contribution in [0.1, 0.15) is 48.9 Å². The van der Waals surface area contributed by atoms with Gasteiger partial charge in [-0.3, -0.25) is 9.59 Å². The van der Waals surface area contributed by atoms with Gasteiger partial charge in [-0.2, -0.15) is 0 Å². The second kappa shape index (κ2) is 11.4. The number of nitrogens with zero attached hydrogens (tertiary/aromatic N) is 2. The largest absolute Gasteiger partial charge is 0.451 e. The van der Waals surface area contributed by atoms with Gasteiger partial charge < -0.3 is 29.6 Å². The van der Waals surface area contributed by atoms with Gasteiger partial charge in [0.1, 0.15) is 16.8 Å². The minimum atomic E-state index is -0.582. The minimum Gasteiger partial charge on any atom is -0.451 e. The Morgan fingerprint density at radius 3 is 2.55 bits per heavy atom. The normalized spacial score (nSPS) is 16.8. The van der Waals surface area contributed by atoms with Gasteiger partial charge in [0.15, 0.2) is 17.3 Å². The van der Waals surface area contributed by atoms with Crippen molar-refractivity contribution in [1.82, 2.24) is 14.8 Å². The van der Waals surface area contributed by atoms with Crippen LogP contribution in [0.3, 0.4) is 0 Å². The molecule has 2 aliphatic heterocycles. The molecule has 42 heavy (non-hydrogen) atoms. The molecule has 4 aromatic rings. The molecule has 9 heteroatoms. The van der Waals surface area contributed by atoms with Crippen molar-refractivity contribution in [2.45, 2.75) is 44.6 Å². The fourth-order valence-corrected chi connectivity index (χ4v) is 6.47. The summed E-state index contributed by atoms with van der Waals surface area (Å²) in [7, 11) is 0. The van der Waals surface area contributed by atoms with Crippen molar-refractivity contribution < 1.29 is 18.7 Å². The van der Waals surface area contributed by atoms with Gasteiger partial charge >= 0.3 is 0 Å². The SMILES string of the molecule is O=C(c1cn2c3c(c(NCCCNC4CCCCC4)c(F)cc3c1=O)Oc1cc3ccccc3cc1-2)N1CCOCC1. The summed E-state index contributed by atoms with van der Waals surface area (Å²) < 4.78 is 29.4. The number of fused-ring (bicyclic) bond motifs is 3. The second-order valence-corrected chi connectivity index (χ2v) is 11.4. The summed E-state index contributed by atoms with van der Waals surface area (Å²) in [6, 6.07) is 13.6.